The molecule has 0 saturated carbocycles. The van der Waals surface area contributed by atoms with Crippen LogP contribution in [0.25, 0.3) is 10.9 Å². The first-order valence-electron chi connectivity index (χ1n) is 11.4. The van der Waals surface area contributed by atoms with Gasteiger partial charge in [-0.3, -0.25) is 14.7 Å². The zero-order chi connectivity index (χ0) is 24.8. The first kappa shape index (κ1) is 24.0. The summed E-state index contributed by atoms with van der Waals surface area (Å²) in [4.78, 5) is 30.6. The molecule has 2 amide bonds. The molecule has 4 rings (SSSR count). The number of amides is 2. The molecule has 2 N–H and O–H groups in total. The predicted octanol–water partition coefficient (Wildman–Crippen LogP) is 3.72. The topological polar surface area (TPSA) is 95.9 Å². The zero-order valence-electron chi connectivity index (χ0n) is 20.3. The highest BCUT2D eigenvalue weighted by atomic mass is 35.5. The van der Waals surface area contributed by atoms with Crippen molar-refractivity contribution in [3.05, 3.63) is 58.8 Å². The molecule has 1 aromatic carbocycles. The standard InChI is InChI=1S/C25H31ClN6O2/c1-7-22(33)32-12-15(13-32)28-24(34)21-11-27-23(31(21)6)14(2)8-19-16-9-17(25(3,4)5)18(26)10-20(16)30-29-19/h7,9-11,14-15H,1,8,12-13H2,2-6H3,(H,28,34)(H,29,30). The fourth-order valence-electron chi connectivity index (χ4n) is 4.44. The third-order valence-electron chi connectivity index (χ3n) is 6.44. The van der Waals surface area contributed by atoms with E-state index >= 15 is 0 Å². The summed E-state index contributed by atoms with van der Waals surface area (Å²) in [6.45, 7) is 13.0. The molecule has 1 fully saturated rings. The number of halogens is 1. The second-order valence-electron chi connectivity index (χ2n) is 10.1. The number of carbonyl (C=O) groups excluding carboxylic acids is 2. The van der Waals surface area contributed by atoms with Crippen molar-refractivity contribution in [2.75, 3.05) is 13.1 Å². The molecule has 1 saturated heterocycles. The highest BCUT2D eigenvalue weighted by Gasteiger charge is 2.31. The van der Waals surface area contributed by atoms with Crippen LogP contribution in [0.2, 0.25) is 5.02 Å². The molecule has 0 spiro atoms. The molecule has 1 aliphatic heterocycles. The van der Waals surface area contributed by atoms with Crippen LogP contribution in [0.4, 0.5) is 0 Å². The Bertz CT molecular complexity index is 1260. The van der Waals surface area contributed by atoms with Crippen LogP contribution in [0.1, 0.15) is 61.2 Å². The lowest BCUT2D eigenvalue weighted by atomic mass is 9.86. The number of H-pyrrole nitrogens is 1. The van der Waals surface area contributed by atoms with Crippen molar-refractivity contribution in [2.24, 2.45) is 7.05 Å². The number of fused-ring (bicyclic) bond motifs is 1. The van der Waals surface area contributed by atoms with Crippen molar-refractivity contribution in [1.82, 2.24) is 30.0 Å². The van der Waals surface area contributed by atoms with E-state index in [0.29, 0.717) is 30.2 Å². The Balaban J connectivity index is 1.48. The number of hydrogen-bond donors (Lipinski definition) is 2. The van der Waals surface area contributed by atoms with E-state index in [0.717, 1.165) is 28.0 Å². The maximum Gasteiger partial charge on any atom is 0.269 e. The van der Waals surface area contributed by atoms with Gasteiger partial charge in [-0.05, 0) is 35.6 Å². The Hall–Kier alpha value is -3.13. The van der Waals surface area contributed by atoms with Gasteiger partial charge in [0, 0.05) is 42.2 Å². The van der Waals surface area contributed by atoms with Crippen LogP contribution in [0.3, 0.4) is 0 Å². The molecule has 3 heterocycles. The number of rotatable bonds is 6. The van der Waals surface area contributed by atoms with Gasteiger partial charge in [0.25, 0.3) is 5.91 Å². The number of likely N-dealkylation sites (tertiary alicyclic amines) is 1. The van der Waals surface area contributed by atoms with Crippen LogP contribution < -0.4 is 5.32 Å². The molecule has 0 aliphatic carbocycles. The molecule has 3 aromatic rings. The average molecular weight is 483 g/mol. The predicted molar refractivity (Wildman–Crippen MR) is 133 cm³/mol. The van der Waals surface area contributed by atoms with E-state index in [2.05, 4.69) is 60.8 Å². The van der Waals surface area contributed by atoms with Crippen LogP contribution in [0.5, 0.6) is 0 Å². The molecule has 8 nitrogen and oxygen atoms in total. The number of aromatic nitrogens is 4. The Morgan fingerprint density at radius 3 is 2.71 bits per heavy atom. The Morgan fingerprint density at radius 1 is 1.35 bits per heavy atom. The normalized spacial score (nSPS) is 15.3. The van der Waals surface area contributed by atoms with Crippen molar-refractivity contribution in [3.8, 4) is 0 Å². The summed E-state index contributed by atoms with van der Waals surface area (Å²) in [7, 11) is 1.85. The largest absolute Gasteiger partial charge is 0.344 e. The minimum Gasteiger partial charge on any atom is -0.344 e. The minimum atomic E-state index is -0.194. The number of benzene rings is 1. The fourth-order valence-corrected chi connectivity index (χ4v) is 4.89. The summed E-state index contributed by atoms with van der Waals surface area (Å²) in [5.74, 6) is 0.550. The van der Waals surface area contributed by atoms with Gasteiger partial charge in [0.1, 0.15) is 11.5 Å². The summed E-state index contributed by atoms with van der Waals surface area (Å²) in [5.41, 5.74) is 3.35. The Morgan fingerprint density at radius 2 is 2.06 bits per heavy atom. The van der Waals surface area contributed by atoms with Crippen molar-refractivity contribution >= 4 is 34.3 Å². The Labute approximate surface area is 204 Å². The number of carbonyl (C=O) groups is 2. The lowest BCUT2D eigenvalue weighted by molar-refractivity contribution is -0.130. The third-order valence-corrected chi connectivity index (χ3v) is 6.75. The molecule has 34 heavy (non-hydrogen) atoms. The molecule has 1 aliphatic rings. The molecule has 180 valence electrons. The van der Waals surface area contributed by atoms with Gasteiger partial charge in [-0.25, -0.2) is 4.98 Å². The number of imidazole rings is 1. The monoisotopic (exact) mass is 482 g/mol. The highest BCUT2D eigenvalue weighted by Crippen LogP contribution is 2.34. The molecule has 0 radical (unpaired) electrons. The smallest absolute Gasteiger partial charge is 0.269 e. The van der Waals surface area contributed by atoms with Crippen molar-refractivity contribution in [3.63, 3.8) is 0 Å². The average Bonchev–Trinajstić information content (AvgIpc) is 3.31. The van der Waals surface area contributed by atoms with Crippen LogP contribution in [-0.4, -0.2) is 55.6 Å². The summed E-state index contributed by atoms with van der Waals surface area (Å²) >= 11 is 6.50. The first-order chi connectivity index (χ1) is 16.0. The van der Waals surface area contributed by atoms with E-state index < -0.39 is 0 Å². The van der Waals surface area contributed by atoms with Crippen molar-refractivity contribution in [2.45, 2.75) is 51.5 Å². The number of nitrogens with one attached hydrogen (secondary N) is 2. The van der Waals surface area contributed by atoms with Gasteiger partial charge in [-0.1, -0.05) is 45.9 Å². The summed E-state index contributed by atoms with van der Waals surface area (Å²) in [6.07, 6.45) is 3.58. The quantitative estimate of drug-likeness (QED) is 0.523. The second-order valence-corrected chi connectivity index (χ2v) is 10.5. The fraction of sp³-hybridized carbons (Fsp3) is 0.440. The number of nitrogens with zero attached hydrogens (tertiary/aromatic N) is 4. The van der Waals surface area contributed by atoms with E-state index in [4.69, 9.17) is 11.6 Å². The zero-order valence-corrected chi connectivity index (χ0v) is 21.0. The lowest BCUT2D eigenvalue weighted by Gasteiger charge is -2.38. The van der Waals surface area contributed by atoms with Gasteiger partial charge < -0.3 is 14.8 Å². The van der Waals surface area contributed by atoms with Crippen LogP contribution in [0.15, 0.2) is 31.0 Å². The van der Waals surface area contributed by atoms with Crippen LogP contribution >= 0.6 is 11.6 Å². The van der Waals surface area contributed by atoms with Gasteiger partial charge in [0.2, 0.25) is 5.91 Å². The third kappa shape index (κ3) is 4.46. The lowest BCUT2D eigenvalue weighted by Crippen LogP contribution is -2.60. The molecular weight excluding hydrogens is 452 g/mol. The van der Waals surface area contributed by atoms with Gasteiger partial charge in [-0.2, -0.15) is 5.10 Å². The van der Waals surface area contributed by atoms with E-state index in [1.165, 1.54) is 6.08 Å². The maximum absolute atomic E-state index is 12.8. The van der Waals surface area contributed by atoms with E-state index in [1.54, 1.807) is 11.1 Å². The number of hydrogen-bond acceptors (Lipinski definition) is 4. The molecular formula is C25H31ClN6O2. The van der Waals surface area contributed by atoms with Gasteiger partial charge in [-0.15, -0.1) is 0 Å². The maximum atomic E-state index is 12.8. The van der Waals surface area contributed by atoms with Crippen molar-refractivity contribution < 1.29 is 9.59 Å². The second kappa shape index (κ2) is 8.91. The minimum absolute atomic E-state index is 0.0494. The molecule has 1 atom stereocenters. The summed E-state index contributed by atoms with van der Waals surface area (Å²) < 4.78 is 1.83. The first-order valence-corrected chi connectivity index (χ1v) is 11.8. The van der Waals surface area contributed by atoms with Gasteiger partial charge in [0.05, 0.1) is 17.8 Å². The summed E-state index contributed by atoms with van der Waals surface area (Å²) in [6, 6.07) is 3.97. The van der Waals surface area contributed by atoms with E-state index in [1.807, 2.05) is 17.7 Å². The Kier molecular flexibility index (Phi) is 6.29. The van der Waals surface area contributed by atoms with Gasteiger partial charge in [0.15, 0.2) is 0 Å². The highest BCUT2D eigenvalue weighted by molar-refractivity contribution is 6.32. The van der Waals surface area contributed by atoms with Crippen molar-refractivity contribution in [1.29, 1.82) is 0 Å². The SMILES string of the molecule is C=CC(=O)N1CC(NC(=O)c2cnc(C(C)Cc3[nH]nc4cc(Cl)c(C(C)(C)C)cc34)n2C)C1. The molecule has 2 aromatic heterocycles. The molecule has 9 heteroatoms. The number of aromatic amines is 1. The van der Waals surface area contributed by atoms with Crippen LogP contribution in [0, 0.1) is 0 Å². The summed E-state index contributed by atoms with van der Waals surface area (Å²) in [5, 5.41) is 12.4. The van der Waals surface area contributed by atoms with E-state index in [9.17, 15) is 9.59 Å². The molecule has 0 bridgehead atoms. The van der Waals surface area contributed by atoms with Crippen LogP contribution in [-0.2, 0) is 23.7 Å². The van der Waals surface area contributed by atoms with E-state index in [-0.39, 0.29) is 29.2 Å². The van der Waals surface area contributed by atoms with Gasteiger partial charge >= 0.3 is 0 Å². The molecule has 1 unspecified atom stereocenters.